The van der Waals surface area contributed by atoms with E-state index in [1.807, 2.05) is 6.92 Å². The second kappa shape index (κ2) is 1.50. The average molecular weight is 109 g/mol. The first-order valence-electron chi connectivity index (χ1n) is 2.93. The Bertz CT molecular complexity index is 126. The first-order valence-corrected chi connectivity index (χ1v) is 2.93. The molecular weight excluding hydrogens is 98.1 g/mol. The topological polar surface area (TPSA) is 26.0 Å². The van der Waals surface area contributed by atoms with Gasteiger partial charge in [0.25, 0.3) is 0 Å². The van der Waals surface area contributed by atoms with E-state index < -0.39 is 0 Å². The molecular formula is C7H11N. The third kappa shape index (κ3) is 0.850. The molecule has 1 unspecified atom stereocenters. The van der Waals surface area contributed by atoms with Crippen LogP contribution in [0.15, 0.2) is 0 Å². The van der Waals surface area contributed by atoms with Gasteiger partial charge < -0.3 is 5.73 Å². The number of hydrogen-bond donors (Lipinski definition) is 1. The predicted molar refractivity (Wildman–Crippen MR) is 34.1 cm³/mol. The highest BCUT2D eigenvalue weighted by Gasteiger charge is 2.36. The molecule has 1 rings (SSSR count). The molecule has 44 valence electrons. The van der Waals surface area contributed by atoms with Crippen molar-refractivity contribution in [2.75, 3.05) is 0 Å². The molecule has 0 saturated heterocycles. The van der Waals surface area contributed by atoms with E-state index in [9.17, 15) is 0 Å². The molecule has 1 aliphatic rings. The first-order chi connectivity index (χ1) is 3.67. The van der Waals surface area contributed by atoms with Crippen LogP contribution < -0.4 is 5.73 Å². The molecule has 2 N–H and O–H groups in total. The molecule has 0 amide bonds. The van der Waals surface area contributed by atoms with Crippen LogP contribution in [-0.4, -0.2) is 5.54 Å². The SMILES string of the molecule is C#CC(C)(N)C1CC1. The van der Waals surface area contributed by atoms with Crippen LogP contribution in [0.5, 0.6) is 0 Å². The maximum absolute atomic E-state index is 5.69. The Morgan fingerprint density at radius 3 is 2.38 bits per heavy atom. The molecule has 1 aliphatic carbocycles. The fourth-order valence-corrected chi connectivity index (χ4v) is 0.801. The molecule has 1 atom stereocenters. The Morgan fingerprint density at radius 2 is 2.25 bits per heavy atom. The molecule has 0 aromatic rings. The summed E-state index contributed by atoms with van der Waals surface area (Å²) in [6, 6.07) is 0. The lowest BCUT2D eigenvalue weighted by molar-refractivity contribution is 0.530. The van der Waals surface area contributed by atoms with Crippen molar-refractivity contribution in [1.29, 1.82) is 0 Å². The average Bonchev–Trinajstić information content (AvgIpc) is 2.44. The van der Waals surface area contributed by atoms with Crippen LogP contribution in [-0.2, 0) is 0 Å². The van der Waals surface area contributed by atoms with Gasteiger partial charge in [0.2, 0.25) is 0 Å². The zero-order chi connectivity index (χ0) is 6.20. The molecule has 0 aromatic heterocycles. The summed E-state index contributed by atoms with van der Waals surface area (Å²) in [7, 11) is 0. The van der Waals surface area contributed by atoms with E-state index in [1.165, 1.54) is 12.8 Å². The monoisotopic (exact) mass is 109 g/mol. The van der Waals surface area contributed by atoms with Gasteiger partial charge in [0.1, 0.15) is 0 Å². The van der Waals surface area contributed by atoms with Crippen molar-refractivity contribution < 1.29 is 0 Å². The molecule has 0 spiro atoms. The number of hydrogen-bond acceptors (Lipinski definition) is 1. The molecule has 0 aliphatic heterocycles. The van der Waals surface area contributed by atoms with Crippen LogP contribution in [0.25, 0.3) is 0 Å². The van der Waals surface area contributed by atoms with Crippen LogP contribution in [0, 0.1) is 18.3 Å². The van der Waals surface area contributed by atoms with Crippen molar-refractivity contribution in [3.05, 3.63) is 0 Å². The first kappa shape index (κ1) is 5.65. The van der Waals surface area contributed by atoms with Crippen LogP contribution in [0.2, 0.25) is 0 Å². The van der Waals surface area contributed by atoms with Crippen LogP contribution >= 0.6 is 0 Å². The van der Waals surface area contributed by atoms with E-state index in [-0.39, 0.29) is 5.54 Å². The quantitative estimate of drug-likeness (QED) is 0.494. The van der Waals surface area contributed by atoms with Crippen molar-refractivity contribution >= 4 is 0 Å². The maximum atomic E-state index is 5.69. The molecule has 1 heteroatoms. The Hall–Kier alpha value is -0.480. The van der Waals surface area contributed by atoms with Gasteiger partial charge in [-0.25, -0.2) is 0 Å². The van der Waals surface area contributed by atoms with Crippen LogP contribution in [0.4, 0.5) is 0 Å². The molecule has 1 fully saturated rings. The largest absolute Gasteiger partial charge is 0.315 e. The second-order valence-corrected chi connectivity index (χ2v) is 2.70. The smallest absolute Gasteiger partial charge is 0.0773 e. The lowest BCUT2D eigenvalue weighted by Gasteiger charge is -2.14. The minimum absolute atomic E-state index is 0.319. The third-order valence-electron chi connectivity index (χ3n) is 1.74. The second-order valence-electron chi connectivity index (χ2n) is 2.70. The molecule has 1 saturated carbocycles. The summed E-state index contributed by atoms with van der Waals surface area (Å²) < 4.78 is 0. The molecule has 0 aromatic carbocycles. The predicted octanol–water partition coefficient (Wildman–Crippen LogP) is 0.747. The van der Waals surface area contributed by atoms with Gasteiger partial charge in [-0.05, 0) is 25.7 Å². The third-order valence-corrected chi connectivity index (χ3v) is 1.74. The van der Waals surface area contributed by atoms with E-state index in [2.05, 4.69) is 5.92 Å². The standard InChI is InChI=1S/C7H11N/c1-3-7(2,8)6-4-5-6/h1,6H,4-5,8H2,2H3. The summed E-state index contributed by atoms with van der Waals surface area (Å²) in [5.74, 6) is 3.19. The highest BCUT2D eigenvalue weighted by Crippen LogP contribution is 2.37. The van der Waals surface area contributed by atoms with Crippen LogP contribution in [0.3, 0.4) is 0 Å². The Morgan fingerprint density at radius 1 is 1.75 bits per heavy atom. The van der Waals surface area contributed by atoms with E-state index in [0.29, 0.717) is 5.92 Å². The zero-order valence-corrected chi connectivity index (χ0v) is 5.15. The zero-order valence-electron chi connectivity index (χ0n) is 5.15. The van der Waals surface area contributed by atoms with Gasteiger partial charge in [0, 0.05) is 0 Å². The molecule has 8 heavy (non-hydrogen) atoms. The fraction of sp³-hybridized carbons (Fsp3) is 0.714. The summed E-state index contributed by atoms with van der Waals surface area (Å²) in [5.41, 5.74) is 5.37. The van der Waals surface area contributed by atoms with Crippen molar-refractivity contribution in [1.82, 2.24) is 0 Å². The Kier molecular flexibility index (Phi) is 1.06. The molecule has 0 heterocycles. The fourth-order valence-electron chi connectivity index (χ4n) is 0.801. The lowest BCUT2D eigenvalue weighted by atomic mass is 9.99. The normalized spacial score (nSPS) is 26.1. The molecule has 1 nitrogen and oxygen atoms in total. The van der Waals surface area contributed by atoms with Crippen molar-refractivity contribution in [3.63, 3.8) is 0 Å². The summed E-state index contributed by atoms with van der Waals surface area (Å²) in [6.07, 6.45) is 7.61. The van der Waals surface area contributed by atoms with E-state index in [0.717, 1.165) is 0 Å². The molecule has 0 radical (unpaired) electrons. The number of rotatable bonds is 1. The number of terminal acetylenes is 1. The summed E-state index contributed by atoms with van der Waals surface area (Å²) in [4.78, 5) is 0. The van der Waals surface area contributed by atoms with E-state index in [4.69, 9.17) is 12.2 Å². The van der Waals surface area contributed by atoms with Gasteiger partial charge in [-0.3, -0.25) is 0 Å². The Balaban J connectivity index is 2.53. The summed E-state index contributed by atoms with van der Waals surface area (Å²) in [6.45, 7) is 1.92. The highest BCUT2D eigenvalue weighted by molar-refractivity contribution is 5.15. The van der Waals surface area contributed by atoms with Gasteiger partial charge in [-0.2, -0.15) is 0 Å². The minimum atomic E-state index is -0.319. The highest BCUT2D eigenvalue weighted by atomic mass is 14.7. The van der Waals surface area contributed by atoms with Gasteiger partial charge >= 0.3 is 0 Å². The number of nitrogens with two attached hydrogens (primary N) is 1. The van der Waals surface area contributed by atoms with Gasteiger partial charge in [-0.1, -0.05) is 5.92 Å². The van der Waals surface area contributed by atoms with E-state index >= 15 is 0 Å². The summed E-state index contributed by atoms with van der Waals surface area (Å²) >= 11 is 0. The van der Waals surface area contributed by atoms with Crippen molar-refractivity contribution in [2.24, 2.45) is 11.7 Å². The van der Waals surface area contributed by atoms with Crippen LogP contribution in [0.1, 0.15) is 19.8 Å². The van der Waals surface area contributed by atoms with Crippen molar-refractivity contribution in [3.8, 4) is 12.3 Å². The van der Waals surface area contributed by atoms with E-state index in [1.54, 1.807) is 0 Å². The minimum Gasteiger partial charge on any atom is -0.315 e. The van der Waals surface area contributed by atoms with Gasteiger partial charge in [0.05, 0.1) is 5.54 Å². The van der Waals surface area contributed by atoms with Crippen molar-refractivity contribution in [2.45, 2.75) is 25.3 Å². The maximum Gasteiger partial charge on any atom is 0.0773 e. The van der Waals surface area contributed by atoms with Gasteiger partial charge in [-0.15, -0.1) is 6.42 Å². The lowest BCUT2D eigenvalue weighted by Crippen LogP contribution is -2.36. The Labute approximate surface area is 50.3 Å². The summed E-state index contributed by atoms with van der Waals surface area (Å²) in [5, 5.41) is 0. The molecule has 0 bridgehead atoms. The van der Waals surface area contributed by atoms with Gasteiger partial charge in [0.15, 0.2) is 0 Å².